The summed E-state index contributed by atoms with van der Waals surface area (Å²) >= 11 is 0. The van der Waals surface area contributed by atoms with E-state index >= 15 is 0 Å². The Bertz CT molecular complexity index is 1180. The Morgan fingerprint density at radius 1 is 1.20 bits per heavy atom. The Morgan fingerprint density at radius 2 is 2.00 bits per heavy atom. The van der Waals surface area contributed by atoms with Gasteiger partial charge in [-0.1, -0.05) is 0 Å². The maximum atomic E-state index is 12.9. The molecule has 3 aromatic rings. The molecule has 0 spiro atoms. The van der Waals surface area contributed by atoms with Gasteiger partial charge in [0.25, 0.3) is 6.43 Å². The summed E-state index contributed by atoms with van der Waals surface area (Å²) in [4.78, 5) is 26.2. The maximum Gasteiger partial charge on any atom is 0.433 e. The van der Waals surface area contributed by atoms with Crippen LogP contribution in [-0.4, -0.2) is 56.6 Å². The monoisotopic (exact) mass is 497 g/mol. The third-order valence-corrected chi connectivity index (χ3v) is 6.07. The number of pyridine rings is 1. The number of hydrogen-bond donors (Lipinski definition) is 1. The molecule has 0 bridgehead atoms. The molecule has 8 nitrogen and oxygen atoms in total. The van der Waals surface area contributed by atoms with Crippen LogP contribution in [0.5, 0.6) is 0 Å². The minimum atomic E-state index is -4.50. The molecule has 1 aliphatic heterocycles. The third kappa shape index (κ3) is 5.82. The molecule has 1 aliphatic rings. The SMILES string of the molecule is CC(=O)CC1(CCNc2ccc(C(F)(F)F)nc2)CCN(c2cnc3cnn(CC(F)F)c3n2)C1. The van der Waals surface area contributed by atoms with E-state index in [2.05, 4.69) is 25.4 Å². The van der Waals surface area contributed by atoms with E-state index < -0.39 is 24.8 Å². The highest BCUT2D eigenvalue weighted by atomic mass is 19.4. The first kappa shape index (κ1) is 24.7. The van der Waals surface area contributed by atoms with Crippen molar-refractivity contribution in [1.82, 2.24) is 24.7 Å². The van der Waals surface area contributed by atoms with Gasteiger partial charge < -0.3 is 15.0 Å². The number of carbonyl (C=O) groups excluding carboxylic acids is 1. The second-order valence-electron chi connectivity index (χ2n) is 8.81. The molecular weight excluding hydrogens is 473 g/mol. The zero-order valence-electron chi connectivity index (χ0n) is 18.9. The van der Waals surface area contributed by atoms with Crippen LogP contribution in [0.2, 0.25) is 0 Å². The van der Waals surface area contributed by atoms with E-state index in [1.165, 1.54) is 19.2 Å². The number of anilines is 2. The van der Waals surface area contributed by atoms with E-state index in [0.717, 1.165) is 16.9 Å². The standard InChI is InChI=1S/C22H24F5N7O/c1-14(35)8-21(4-6-28-15-2-3-17(30-9-15)22(25,26)27)5-7-33(13-21)19-11-29-16-10-31-34(12-18(23)24)20(16)32-19/h2-3,9-11,18,28H,4-8,12-13H2,1H3. The van der Waals surface area contributed by atoms with Crippen LogP contribution in [0.3, 0.4) is 0 Å². The largest absolute Gasteiger partial charge is 0.433 e. The number of carbonyl (C=O) groups is 1. The Labute approximate surface area is 197 Å². The van der Waals surface area contributed by atoms with Gasteiger partial charge in [-0.3, -0.25) is 0 Å². The molecule has 0 radical (unpaired) electrons. The number of fused-ring (bicyclic) bond motifs is 1. The molecule has 1 N–H and O–H groups in total. The summed E-state index contributed by atoms with van der Waals surface area (Å²) < 4.78 is 64.9. The van der Waals surface area contributed by atoms with Crippen molar-refractivity contribution in [3.63, 3.8) is 0 Å². The zero-order valence-corrected chi connectivity index (χ0v) is 18.9. The van der Waals surface area contributed by atoms with Crippen molar-refractivity contribution in [2.24, 2.45) is 5.41 Å². The average molecular weight is 497 g/mol. The van der Waals surface area contributed by atoms with Crippen molar-refractivity contribution in [2.45, 2.75) is 45.3 Å². The van der Waals surface area contributed by atoms with Crippen LogP contribution in [-0.2, 0) is 17.5 Å². The number of hydrogen-bond acceptors (Lipinski definition) is 7. The van der Waals surface area contributed by atoms with Crippen LogP contribution in [0.4, 0.5) is 33.5 Å². The summed E-state index contributed by atoms with van der Waals surface area (Å²) in [6.45, 7) is 2.47. The minimum absolute atomic E-state index is 0.0274. The molecule has 1 unspecified atom stereocenters. The summed E-state index contributed by atoms with van der Waals surface area (Å²) in [5.41, 5.74) is -0.205. The van der Waals surface area contributed by atoms with Crippen LogP contribution in [0.1, 0.15) is 31.9 Å². The van der Waals surface area contributed by atoms with Gasteiger partial charge >= 0.3 is 6.18 Å². The molecule has 0 amide bonds. The molecule has 0 aliphatic carbocycles. The number of alkyl halides is 5. The van der Waals surface area contributed by atoms with Crippen LogP contribution in [0.25, 0.3) is 11.2 Å². The van der Waals surface area contributed by atoms with Gasteiger partial charge in [0.1, 0.15) is 29.4 Å². The minimum Gasteiger partial charge on any atom is -0.384 e. The molecule has 188 valence electrons. The van der Waals surface area contributed by atoms with Gasteiger partial charge in [-0.15, -0.1) is 0 Å². The smallest absolute Gasteiger partial charge is 0.384 e. The summed E-state index contributed by atoms with van der Waals surface area (Å²) in [6.07, 6.45) is -1.39. The number of nitrogens with one attached hydrogen (secondary N) is 1. The molecule has 0 saturated carbocycles. The van der Waals surface area contributed by atoms with Crippen LogP contribution >= 0.6 is 0 Å². The van der Waals surface area contributed by atoms with Crippen molar-refractivity contribution in [3.05, 3.63) is 36.4 Å². The lowest BCUT2D eigenvalue weighted by Gasteiger charge is -2.29. The van der Waals surface area contributed by atoms with Gasteiger partial charge in [0.2, 0.25) is 0 Å². The molecule has 13 heteroatoms. The van der Waals surface area contributed by atoms with Gasteiger partial charge in [-0.25, -0.2) is 28.4 Å². The fraction of sp³-hybridized carbons (Fsp3) is 0.500. The Balaban J connectivity index is 1.45. The fourth-order valence-electron chi connectivity index (χ4n) is 4.49. The lowest BCUT2D eigenvalue weighted by molar-refractivity contribution is -0.141. The van der Waals surface area contributed by atoms with Gasteiger partial charge in [0, 0.05) is 26.1 Å². The Hall–Kier alpha value is -3.38. The lowest BCUT2D eigenvalue weighted by atomic mass is 9.79. The van der Waals surface area contributed by atoms with Crippen molar-refractivity contribution in [1.29, 1.82) is 0 Å². The molecule has 0 aromatic carbocycles. The van der Waals surface area contributed by atoms with Crippen molar-refractivity contribution < 1.29 is 26.7 Å². The molecule has 4 rings (SSSR count). The Kier molecular flexibility index (Phi) is 6.86. The normalized spacial score (nSPS) is 18.5. The van der Waals surface area contributed by atoms with E-state index in [1.807, 2.05) is 4.90 Å². The molecule has 35 heavy (non-hydrogen) atoms. The highest BCUT2D eigenvalue weighted by molar-refractivity contribution is 5.76. The van der Waals surface area contributed by atoms with Crippen LogP contribution < -0.4 is 10.2 Å². The highest BCUT2D eigenvalue weighted by Gasteiger charge is 2.39. The van der Waals surface area contributed by atoms with Crippen molar-refractivity contribution in [2.75, 3.05) is 29.9 Å². The first-order valence-corrected chi connectivity index (χ1v) is 11.0. The van der Waals surface area contributed by atoms with E-state index in [4.69, 9.17) is 0 Å². The number of halogens is 5. The second-order valence-corrected chi connectivity index (χ2v) is 8.81. The lowest BCUT2D eigenvalue weighted by Crippen LogP contribution is -2.31. The molecule has 1 fully saturated rings. The predicted octanol–water partition coefficient (Wildman–Crippen LogP) is 4.18. The predicted molar refractivity (Wildman–Crippen MR) is 118 cm³/mol. The van der Waals surface area contributed by atoms with Gasteiger partial charge in [0.15, 0.2) is 5.65 Å². The molecule has 1 saturated heterocycles. The number of aromatic nitrogens is 5. The topological polar surface area (TPSA) is 88.8 Å². The average Bonchev–Trinajstić information content (AvgIpc) is 3.37. The zero-order chi connectivity index (χ0) is 25.2. The highest BCUT2D eigenvalue weighted by Crippen LogP contribution is 2.39. The van der Waals surface area contributed by atoms with Crippen molar-refractivity contribution >= 4 is 28.5 Å². The quantitative estimate of drug-likeness (QED) is 0.444. The molecular formula is C22H24F5N7O. The molecule has 3 aromatic heterocycles. The van der Waals surface area contributed by atoms with Gasteiger partial charge in [-0.2, -0.15) is 18.3 Å². The summed E-state index contributed by atoms with van der Waals surface area (Å²) in [5, 5.41) is 7.01. The van der Waals surface area contributed by atoms with E-state index in [0.29, 0.717) is 55.9 Å². The van der Waals surface area contributed by atoms with E-state index in [-0.39, 0.29) is 16.8 Å². The number of ketones is 1. The number of rotatable bonds is 9. The van der Waals surface area contributed by atoms with Crippen LogP contribution in [0.15, 0.2) is 30.7 Å². The summed E-state index contributed by atoms with van der Waals surface area (Å²) in [6, 6.07) is 2.24. The third-order valence-electron chi connectivity index (χ3n) is 6.07. The fourth-order valence-corrected chi connectivity index (χ4v) is 4.49. The summed E-state index contributed by atoms with van der Waals surface area (Å²) in [7, 11) is 0. The van der Waals surface area contributed by atoms with Crippen molar-refractivity contribution in [3.8, 4) is 0 Å². The van der Waals surface area contributed by atoms with Gasteiger partial charge in [0.05, 0.1) is 24.3 Å². The maximum absolute atomic E-state index is 12.9. The number of Topliss-reactive ketones (excluding diaryl/α,β-unsaturated/α-hetero) is 1. The molecule has 4 heterocycles. The first-order valence-electron chi connectivity index (χ1n) is 11.0. The van der Waals surface area contributed by atoms with E-state index in [9.17, 15) is 26.7 Å². The summed E-state index contributed by atoms with van der Waals surface area (Å²) in [5.74, 6) is 0.540. The second kappa shape index (κ2) is 9.70. The number of nitrogens with zero attached hydrogens (tertiary/aromatic N) is 6. The van der Waals surface area contributed by atoms with E-state index in [1.54, 1.807) is 6.20 Å². The Morgan fingerprint density at radius 3 is 2.66 bits per heavy atom. The van der Waals surface area contributed by atoms with Gasteiger partial charge in [-0.05, 0) is 37.3 Å². The van der Waals surface area contributed by atoms with Crippen LogP contribution in [0, 0.1) is 5.41 Å². The molecule has 1 atom stereocenters. The first-order chi connectivity index (χ1) is 16.5.